The van der Waals surface area contributed by atoms with Gasteiger partial charge in [-0.15, -0.1) is 0 Å². The molecule has 86 heavy (non-hydrogen) atoms. The average molecular weight is 1210 g/mol. The summed E-state index contributed by atoms with van der Waals surface area (Å²) in [5, 5.41) is 23.4. The maximum Gasteiger partial charge on any atom is 0.305 e. The van der Waals surface area contributed by atoms with Crippen LogP contribution in [0.1, 0.15) is 438 Å². The lowest BCUT2D eigenvalue weighted by Crippen LogP contribution is -2.45. The van der Waals surface area contributed by atoms with Crippen LogP contribution in [0.2, 0.25) is 0 Å². The fraction of sp³-hybridized carbons (Fsp3) is 0.900. The van der Waals surface area contributed by atoms with Gasteiger partial charge in [0.25, 0.3) is 0 Å². The lowest BCUT2D eigenvalue weighted by molar-refractivity contribution is -0.143. The topological polar surface area (TPSA) is 95.9 Å². The summed E-state index contributed by atoms with van der Waals surface area (Å²) >= 11 is 0. The van der Waals surface area contributed by atoms with E-state index < -0.39 is 12.1 Å². The van der Waals surface area contributed by atoms with Gasteiger partial charge in [-0.2, -0.15) is 0 Å². The zero-order chi connectivity index (χ0) is 62.0. The molecule has 3 N–H and O–H groups in total. The minimum atomic E-state index is -0.664. The van der Waals surface area contributed by atoms with Gasteiger partial charge in [-0.05, 0) is 83.5 Å². The van der Waals surface area contributed by atoms with Crippen LogP contribution in [0.25, 0.3) is 0 Å². The Morgan fingerprint density at radius 3 is 0.895 bits per heavy atom. The van der Waals surface area contributed by atoms with Gasteiger partial charge in [0.2, 0.25) is 5.91 Å². The summed E-state index contributed by atoms with van der Waals surface area (Å²) in [6.45, 7) is 4.99. The van der Waals surface area contributed by atoms with E-state index in [1.54, 1.807) is 0 Å². The van der Waals surface area contributed by atoms with Crippen LogP contribution >= 0.6 is 0 Å². The molecule has 0 bridgehead atoms. The molecule has 0 aromatic rings. The van der Waals surface area contributed by atoms with E-state index in [-0.39, 0.29) is 18.5 Å². The second-order valence-corrected chi connectivity index (χ2v) is 27.0. The Morgan fingerprint density at radius 2 is 0.581 bits per heavy atom. The number of amides is 1. The number of unbranched alkanes of at least 4 members (excludes halogenated alkanes) is 57. The predicted octanol–water partition coefficient (Wildman–Crippen LogP) is 25.8. The van der Waals surface area contributed by atoms with Crippen LogP contribution in [0.4, 0.5) is 0 Å². The van der Waals surface area contributed by atoms with Crippen molar-refractivity contribution in [1.82, 2.24) is 5.32 Å². The van der Waals surface area contributed by atoms with E-state index in [1.165, 1.54) is 360 Å². The third kappa shape index (κ3) is 71.2. The highest BCUT2D eigenvalue weighted by molar-refractivity contribution is 5.76. The van der Waals surface area contributed by atoms with Gasteiger partial charge in [-0.3, -0.25) is 9.59 Å². The zero-order valence-electron chi connectivity index (χ0n) is 58.3. The molecule has 2 unspecified atom stereocenters. The zero-order valence-corrected chi connectivity index (χ0v) is 58.3. The lowest BCUT2D eigenvalue weighted by Gasteiger charge is -2.22. The molecule has 508 valence electrons. The molecule has 0 aliphatic carbocycles. The van der Waals surface area contributed by atoms with Crippen molar-refractivity contribution in [1.29, 1.82) is 0 Å². The van der Waals surface area contributed by atoms with Crippen molar-refractivity contribution >= 4 is 11.9 Å². The molecule has 0 heterocycles. The van der Waals surface area contributed by atoms with Gasteiger partial charge in [0.05, 0.1) is 25.4 Å². The third-order valence-electron chi connectivity index (χ3n) is 18.4. The Hall–Kier alpha value is -1.92. The third-order valence-corrected chi connectivity index (χ3v) is 18.4. The predicted molar refractivity (Wildman–Crippen MR) is 379 cm³/mol. The van der Waals surface area contributed by atoms with E-state index in [4.69, 9.17) is 4.74 Å². The van der Waals surface area contributed by atoms with Crippen molar-refractivity contribution in [3.05, 3.63) is 36.5 Å². The van der Waals surface area contributed by atoms with E-state index in [9.17, 15) is 19.8 Å². The number of carbonyl (C=O) groups excluding carboxylic acids is 2. The van der Waals surface area contributed by atoms with Gasteiger partial charge in [0.1, 0.15) is 0 Å². The number of hydrogen-bond acceptors (Lipinski definition) is 5. The monoisotopic (exact) mass is 1210 g/mol. The summed E-state index contributed by atoms with van der Waals surface area (Å²) in [7, 11) is 0. The number of esters is 1. The van der Waals surface area contributed by atoms with Crippen LogP contribution in [0, 0.1) is 0 Å². The molecule has 0 rings (SSSR count). The van der Waals surface area contributed by atoms with Crippen LogP contribution in [-0.4, -0.2) is 47.4 Å². The molecule has 0 saturated heterocycles. The second-order valence-electron chi connectivity index (χ2n) is 27.0. The van der Waals surface area contributed by atoms with Crippen molar-refractivity contribution in [2.75, 3.05) is 13.2 Å². The Kier molecular flexibility index (Phi) is 73.9. The van der Waals surface area contributed by atoms with E-state index in [0.717, 1.165) is 44.9 Å². The second kappa shape index (κ2) is 75.5. The number of nitrogens with one attached hydrogen (secondary N) is 1. The number of ether oxygens (including phenoxy) is 1. The molecule has 6 nitrogen and oxygen atoms in total. The molecule has 0 spiro atoms. The fourth-order valence-electron chi connectivity index (χ4n) is 12.4. The molecule has 6 heteroatoms. The molecule has 0 aromatic heterocycles. The van der Waals surface area contributed by atoms with E-state index in [0.29, 0.717) is 25.9 Å². The molecule has 0 aliphatic heterocycles. The first-order valence-corrected chi connectivity index (χ1v) is 39.2. The number of allylic oxidation sites excluding steroid dienone is 6. The lowest BCUT2D eigenvalue weighted by atomic mass is 10.0. The normalized spacial score (nSPS) is 12.7. The van der Waals surface area contributed by atoms with E-state index in [2.05, 4.69) is 55.6 Å². The standard InChI is InChI=1S/C80H153NO5/c1-3-5-7-9-11-13-15-17-19-21-37-42-46-50-54-58-62-66-70-74-80(85)86-75-71-67-63-59-55-51-47-43-39-36-34-32-30-28-26-24-22-23-25-27-29-31-33-35-38-41-45-49-53-57-61-65-69-73-79(84)81-77(76-82)78(83)72-68-64-60-56-52-48-44-40-20-18-16-14-12-10-8-6-4-2/h17,19,26,28,32,34,77-78,82-83H,3-16,18,20-25,27,29-31,33,35-76H2,1-2H3,(H,81,84)/b19-17-,28-26-,34-32-. The summed E-state index contributed by atoms with van der Waals surface area (Å²) < 4.78 is 5.51. The first-order valence-electron chi connectivity index (χ1n) is 39.2. The molecule has 0 saturated carbocycles. The molecule has 2 atom stereocenters. The summed E-state index contributed by atoms with van der Waals surface area (Å²) in [5.74, 6) is -0.0148. The molecule has 0 radical (unpaired) electrons. The molecule has 0 fully saturated rings. The van der Waals surface area contributed by atoms with E-state index in [1.807, 2.05) is 0 Å². The largest absolute Gasteiger partial charge is 0.466 e. The first kappa shape index (κ1) is 84.1. The van der Waals surface area contributed by atoms with Crippen molar-refractivity contribution in [2.45, 2.75) is 450 Å². The van der Waals surface area contributed by atoms with Gasteiger partial charge >= 0.3 is 5.97 Å². The van der Waals surface area contributed by atoms with Gasteiger partial charge in [0.15, 0.2) is 0 Å². The van der Waals surface area contributed by atoms with Crippen molar-refractivity contribution in [2.24, 2.45) is 0 Å². The van der Waals surface area contributed by atoms with Gasteiger partial charge in [-0.1, -0.05) is 378 Å². The van der Waals surface area contributed by atoms with Gasteiger partial charge < -0.3 is 20.3 Å². The number of hydrogen-bond donors (Lipinski definition) is 3. The van der Waals surface area contributed by atoms with Crippen LogP contribution < -0.4 is 5.32 Å². The van der Waals surface area contributed by atoms with Crippen LogP contribution in [0.5, 0.6) is 0 Å². The molecular formula is C80H153NO5. The molecule has 0 aliphatic rings. The number of rotatable bonds is 74. The van der Waals surface area contributed by atoms with E-state index >= 15 is 0 Å². The van der Waals surface area contributed by atoms with Crippen molar-refractivity contribution in [3.63, 3.8) is 0 Å². The minimum Gasteiger partial charge on any atom is -0.466 e. The minimum absolute atomic E-state index is 0.0145. The Labute approximate surface area is 538 Å². The first-order chi connectivity index (χ1) is 42.5. The van der Waals surface area contributed by atoms with Gasteiger partial charge in [0, 0.05) is 12.8 Å². The molecule has 0 aromatic carbocycles. The van der Waals surface area contributed by atoms with Crippen molar-refractivity contribution in [3.8, 4) is 0 Å². The summed E-state index contributed by atoms with van der Waals surface area (Å²) in [6, 6.07) is -0.541. The Bertz CT molecular complexity index is 1390. The smallest absolute Gasteiger partial charge is 0.305 e. The van der Waals surface area contributed by atoms with Crippen LogP contribution in [0.15, 0.2) is 36.5 Å². The maximum absolute atomic E-state index is 12.5. The van der Waals surface area contributed by atoms with Crippen LogP contribution in [0.3, 0.4) is 0 Å². The quantitative estimate of drug-likeness (QED) is 0.0320. The molecular weight excluding hydrogens is 1050 g/mol. The van der Waals surface area contributed by atoms with Gasteiger partial charge in [-0.25, -0.2) is 0 Å². The number of aliphatic hydroxyl groups is 2. The van der Waals surface area contributed by atoms with Crippen molar-refractivity contribution < 1.29 is 24.5 Å². The van der Waals surface area contributed by atoms with Crippen LogP contribution in [-0.2, 0) is 14.3 Å². The SMILES string of the molecule is CCCCCCCC/C=C\CCCCCCCCCCCC(=O)OCCCCCCCCCCC/C=C\C/C=C\CCCCCCCCCCCCCCCCCCCC(=O)NC(CO)C(O)CCCCCCCCCCCCCCCCCCC. The number of aliphatic hydroxyl groups excluding tert-OH is 2. The molecule has 1 amide bonds. The highest BCUT2D eigenvalue weighted by Gasteiger charge is 2.20. The summed E-state index contributed by atoms with van der Waals surface area (Å²) in [4.78, 5) is 24.7. The fourth-order valence-corrected chi connectivity index (χ4v) is 12.4. The highest BCUT2D eigenvalue weighted by atomic mass is 16.5. The Balaban J connectivity index is 3.36. The average Bonchev–Trinajstić information content (AvgIpc) is 3.59. The highest BCUT2D eigenvalue weighted by Crippen LogP contribution is 2.19. The summed E-state index contributed by atoms with van der Waals surface area (Å²) in [5.41, 5.74) is 0. The summed E-state index contributed by atoms with van der Waals surface area (Å²) in [6.07, 6.45) is 98.0. The maximum atomic E-state index is 12.5. The number of carbonyl (C=O) groups is 2. The Morgan fingerprint density at radius 1 is 0.326 bits per heavy atom.